The smallest absolute Gasteiger partial charge is 0.225 e. The van der Waals surface area contributed by atoms with Crippen molar-refractivity contribution in [1.82, 2.24) is 9.97 Å². The van der Waals surface area contributed by atoms with Gasteiger partial charge in [0.2, 0.25) is 5.95 Å². The third-order valence-electron chi connectivity index (χ3n) is 1.43. The molecule has 3 N–H and O–H groups in total. The van der Waals surface area contributed by atoms with E-state index in [1.807, 2.05) is 12.3 Å². The summed E-state index contributed by atoms with van der Waals surface area (Å²) in [6.07, 6.45) is 1.84. The van der Waals surface area contributed by atoms with Gasteiger partial charge in [-0.05, 0) is 6.26 Å². The molecule has 0 unspecified atom stereocenters. The summed E-state index contributed by atoms with van der Waals surface area (Å²) in [5.74, 6) is 0.645. The van der Waals surface area contributed by atoms with Gasteiger partial charge in [0.1, 0.15) is 22.5 Å². The largest absolute Gasteiger partial charge is 0.382 e. The SMILES string of the molecule is CNc1nc(N)c(C#N)c(SC)n1. The highest BCUT2D eigenvalue weighted by Gasteiger charge is 2.09. The van der Waals surface area contributed by atoms with Gasteiger partial charge in [-0.2, -0.15) is 10.2 Å². The molecule has 1 aromatic rings. The summed E-state index contributed by atoms with van der Waals surface area (Å²) >= 11 is 1.37. The molecular weight excluding hydrogens is 186 g/mol. The van der Waals surface area contributed by atoms with Crippen molar-refractivity contribution < 1.29 is 0 Å². The highest BCUT2D eigenvalue weighted by molar-refractivity contribution is 7.98. The minimum absolute atomic E-state index is 0.214. The third kappa shape index (κ3) is 1.81. The third-order valence-corrected chi connectivity index (χ3v) is 2.11. The van der Waals surface area contributed by atoms with Crippen LogP contribution in [0.25, 0.3) is 0 Å². The van der Waals surface area contributed by atoms with E-state index < -0.39 is 0 Å². The van der Waals surface area contributed by atoms with E-state index in [1.54, 1.807) is 7.05 Å². The van der Waals surface area contributed by atoms with Crippen molar-refractivity contribution in [3.8, 4) is 6.07 Å². The first-order valence-corrected chi connectivity index (χ1v) is 4.74. The number of nitriles is 1. The Bertz CT molecular complexity index is 357. The Balaban J connectivity index is 3.31. The molecule has 13 heavy (non-hydrogen) atoms. The number of anilines is 2. The number of nitrogens with zero attached hydrogens (tertiary/aromatic N) is 3. The van der Waals surface area contributed by atoms with Crippen LogP contribution in [0.2, 0.25) is 0 Å². The molecule has 1 aromatic heterocycles. The molecule has 0 aliphatic rings. The Morgan fingerprint density at radius 3 is 2.69 bits per heavy atom. The summed E-state index contributed by atoms with van der Waals surface area (Å²) in [5, 5.41) is 12.1. The van der Waals surface area contributed by atoms with E-state index in [2.05, 4.69) is 15.3 Å². The van der Waals surface area contributed by atoms with E-state index in [4.69, 9.17) is 11.0 Å². The molecule has 5 nitrogen and oxygen atoms in total. The molecule has 0 saturated heterocycles. The van der Waals surface area contributed by atoms with Crippen LogP contribution in [0.1, 0.15) is 5.56 Å². The lowest BCUT2D eigenvalue weighted by Crippen LogP contribution is -2.04. The minimum Gasteiger partial charge on any atom is -0.382 e. The molecule has 0 bridgehead atoms. The van der Waals surface area contributed by atoms with Gasteiger partial charge in [0.05, 0.1) is 0 Å². The lowest BCUT2D eigenvalue weighted by molar-refractivity contribution is 1.04. The van der Waals surface area contributed by atoms with Crippen LogP contribution in [0.5, 0.6) is 0 Å². The van der Waals surface area contributed by atoms with Gasteiger partial charge >= 0.3 is 0 Å². The van der Waals surface area contributed by atoms with Crippen LogP contribution in [0.4, 0.5) is 11.8 Å². The zero-order chi connectivity index (χ0) is 9.84. The summed E-state index contributed by atoms with van der Waals surface area (Å²) < 4.78 is 0. The maximum Gasteiger partial charge on any atom is 0.225 e. The van der Waals surface area contributed by atoms with Crippen molar-refractivity contribution in [1.29, 1.82) is 5.26 Å². The first-order chi connectivity index (χ1) is 6.22. The number of thioether (sulfide) groups is 1. The van der Waals surface area contributed by atoms with Gasteiger partial charge in [-0.1, -0.05) is 0 Å². The second kappa shape index (κ2) is 3.96. The highest BCUT2D eigenvalue weighted by atomic mass is 32.2. The van der Waals surface area contributed by atoms with E-state index in [0.29, 0.717) is 16.5 Å². The zero-order valence-corrected chi connectivity index (χ0v) is 8.14. The van der Waals surface area contributed by atoms with E-state index in [-0.39, 0.29) is 5.82 Å². The number of hydrogen-bond donors (Lipinski definition) is 2. The molecule has 0 aliphatic carbocycles. The first-order valence-electron chi connectivity index (χ1n) is 3.52. The van der Waals surface area contributed by atoms with Crippen molar-refractivity contribution in [2.45, 2.75) is 5.03 Å². The maximum absolute atomic E-state index is 8.75. The second-order valence-corrected chi connectivity index (χ2v) is 2.97. The lowest BCUT2D eigenvalue weighted by Gasteiger charge is -2.04. The van der Waals surface area contributed by atoms with Gasteiger partial charge in [-0.25, -0.2) is 4.98 Å². The number of aromatic nitrogens is 2. The fourth-order valence-corrected chi connectivity index (χ4v) is 1.35. The van der Waals surface area contributed by atoms with Crippen molar-refractivity contribution in [2.75, 3.05) is 24.4 Å². The van der Waals surface area contributed by atoms with E-state index in [9.17, 15) is 0 Å². The van der Waals surface area contributed by atoms with Crippen molar-refractivity contribution >= 4 is 23.5 Å². The molecule has 68 valence electrons. The van der Waals surface area contributed by atoms with E-state index in [1.165, 1.54) is 11.8 Å². The number of rotatable bonds is 2. The topological polar surface area (TPSA) is 87.6 Å². The summed E-state index contributed by atoms with van der Waals surface area (Å²) in [5.41, 5.74) is 5.90. The van der Waals surface area contributed by atoms with Crippen LogP contribution in [0.3, 0.4) is 0 Å². The summed E-state index contributed by atoms with van der Waals surface area (Å²) in [7, 11) is 1.70. The fourth-order valence-electron chi connectivity index (χ4n) is 0.821. The molecule has 0 saturated carbocycles. The Morgan fingerprint density at radius 2 is 2.23 bits per heavy atom. The van der Waals surface area contributed by atoms with E-state index >= 15 is 0 Å². The van der Waals surface area contributed by atoms with Crippen LogP contribution < -0.4 is 11.1 Å². The quantitative estimate of drug-likeness (QED) is 0.533. The Labute approximate surface area is 80.4 Å². The van der Waals surface area contributed by atoms with Crippen LogP contribution in [0.15, 0.2) is 5.03 Å². The standard InChI is InChI=1S/C7H9N5S/c1-10-7-11-5(9)4(3-8)6(12-7)13-2/h1-2H3,(H3,9,10,11,12). The van der Waals surface area contributed by atoms with Gasteiger partial charge < -0.3 is 11.1 Å². The van der Waals surface area contributed by atoms with Crippen molar-refractivity contribution in [3.63, 3.8) is 0 Å². The molecule has 1 heterocycles. The van der Waals surface area contributed by atoms with Crippen LogP contribution in [0, 0.1) is 11.3 Å². The normalized spacial score (nSPS) is 9.31. The van der Waals surface area contributed by atoms with E-state index in [0.717, 1.165) is 0 Å². The molecule has 0 radical (unpaired) electrons. The van der Waals surface area contributed by atoms with Gasteiger partial charge in [0.25, 0.3) is 0 Å². The van der Waals surface area contributed by atoms with Gasteiger partial charge in [-0.3, -0.25) is 0 Å². The average molecular weight is 195 g/mol. The molecule has 0 aliphatic heterocycles. The molecule has 1 rings (SSSR count). The van der Waals surface area contributed by atoms with Crippen molar-refractivity contribution in [2.24, 2.45) is 0 Å². The maximum atomic E-state index is 8.75. The summed E-state index contributed by atoms with van der Waals surface area (Å²) in [6.45, 7) is 0. The number of nitrogens with two attached hydrogens (primary N) is 1. The molecule has 0 spiro atoms. The monoisotopic (exact) mass is 195 g/mol. The number of hydrogen-bond acceptors (Lipinski definition) is 6. The lowest BCUT2D eigenvalue weighted by atomic mass is 10.3. The zero-order valence-electron chi connectivity index (χ0n) is 7.33. The van der Waals surface area contributed by atoms with Crippen LogP contribution in [-0.2, 0) is 0 Å². The molecular formula is C7H9N5S. The summed E-state index contributed by atoms with van der Waals surface area (Å²) in [4.78, 5) is 7.97. The second-order valence-electron chi connectivity index (χ2n) is 2.18. The molecule has 0 amide bonds. The minimum atomic E-state index is 0.214. The van der Waals surface area contributed by atoms with Crippen LogP contribution >= 0.6 is 11.8 Å². The van der Waals surface area contributed by atoms with Crippen LogP contribution in [-0.4, -0.2) is 23.3 Å². The first kappa shape index (κ1) is 9.61. The number of nitrogens with one attached hydrogen (secondary N) is 1. The summed E-state index contributed by atoms with van der Waals surface area (Å²) in [6, 6.07) is 1.97. The fraction of sp³-hybridized carbons (Fsp3) is 0.286. The van der Waals surface area contributed by atoms with Crippen molar-refractivity contribution in [3.05, 3.63) is 5.56 Å². The Hall–Kier alpha value is -1.48. The molecule has 0 atom stereocenters. The van der Waals surface area contributed by atoms with Gasteiger partial charge in [0, 0.05) is 7.05 Å². The van der Waals surface area contributed by atoms with Gasteiger partial charge in [0.15, 0.2) is 0 Å². The van der Waals surface area contributed by atoms with Gasteiger partial charge in [-0.15, -0.1) is 11.8 Å². The molecule has 0 fully saturated rings. The Morgan fingerprint density at radius 1 is 1.54 bits per heavy atom. The average Bonchev–Trinajstić information content (AvgIpc) is 2.16. The highest BCUT2D eigenvalue weighted by Crippen LogP contribution is 2.22. The molecule has 6 heteroatoms. The predicted molar refractivity (Wildman–Crippen MR) is 52.5 cm³/mol. The predicted octanol–water partition coefficient (Wildman–Crippen LogP) is 0.694. The molecule has 0 aromatic carbocycles. The number of nitrogen functional groups attached to an aromatic ring is 1. The Kier molecular flexibility index (Phi) is 2.93.